The van der Waals surface area contributed by atoms with Crippen LogP contribution in [-0.2, 0) is 11.3 Å². The third-order valence-electron chi connectivity index (χ3n) is 5.41. The highest BCUT2D eigenvalue weighted by Gasteiger charge is 2.23. The van der Waals surface area contributed by atoms with Gasteiger partial charge in [0, 0.05) is 49.5 Å². The van der Waals surface area contributed by atoms with Gasteiger partial charge >= 0.3 is 0 Å². The molecule has 0 aliphatic heterocycles. The monoisotopic (exact) mass is 425 g/mol. The fourth-order valence-electron chi connectivity index (χ4n) is 3.24. The van der Waals surface area contributed by atoms with Crippen molar-refractivity contribution in [1.29, 1.82) is 0 Å². The van der Waals surface area contributed by atoms with Crippen molar-refractivity contribution in [1.82, 2.24) is 4.90 Å². The minimum atomic E-state index is -0.106. The van der Waals surface area contributed by atoms with E-state index in [9.17, 15) is 9.59 Å². The number of nitrogens with one attached hydrogen (secondary N) is 1. The van der Waals surface area contributed by atoms with E-state index in [0.29, 0.717) is 12.1 Å². The number of methoxy groups -OCH3 is 1. The van der Waals surface area contributed by atoms with Crippen molar-refractivity contribution in [3.8, 4) is 5.75 Å². The predicted molar refractivity (Wildman–Crippen MR) is 127 cm³/mol. The average molecular weight is 426 g/mol. The summed E-state index contributed by atoms with van der Waals surface area (Å²) in [7, 11) is 5.56. The second-order valence-corrected chi connectivity index (χ2v) is 8.30. The summed E-state index contributed by atoms with van der Waals surface area (Å²) < 4.78 is 5.21. The van der Waals surface area contributed by atoms with Gasteiger partial charge in [-0.1, -0.05) is 20.8 Å². The van der Waals surface area contributed by atoms with E-state index in [1.165, 1.54) is 0 Å². The summed E-state index contributed by atoms with van der Waals surface area (Å²) in [5.74, 6) is 0.551. The first-order chi connectivity index (χ1) is 14.7. The van der Waals surface area contributed by atoms with Crippen LogP contribution in [0.15, 0.2) is 42.5 Å². The van der Waals surface area contributed by atoms with Crippen LogP contribution in [-0.4, -0.2) is 44.0 Å². The highest BCUT2D eigenvalue weighted by Crippen LogP contribution is 2.27. The van der Waals surface area contributed by atoms with Crippen molar-refractivity contribution >= 4 is 23.2 Å². The van der Waals surface area contributed by atoms with Gasteiger partial charge in [-0.3, -0.25) is 9.59 Å². The van der Waals surface area contributed by atoms with Crippen LogP contribution in [0.3, 0.4) is 0 Å². The second-order valence-electron chi connectivity index (χ2n) is 8.30. The van der Waals surface area contributed by atoms with Crippen LogP contribution in [0.2, 0.25) is 0 Å². The Balaban J connectivity index is 2.39. The average Bonchev–Trinajstić information content (AvgIpc) is 2.76. The normalized spacial score (nSPS) is 11.7. The Labute approximate surface area is 186 Å². The Morgan fingerprint density at radius 1 is 1.03 bits per heavy atom. The fourth-order valence-corrected chi connectivity index (χ4v) is 3.24. The maximum Gasteiger partial charge on any atom is 0.254 e. The number of hydrogen-bond acceptors (Lipinski definition) is 4. The lowest BCUT2D eigenvalue weighted by molar-refractivity contribution is -0.118. The van der Waals surface area contributed by atoms with Gasteiger partial charge in [0.1, 0.15) is 5.75 Å². The van der Waals surface area contributed by atoms with Crippen LogP contribution in [0.4, 0.5) is 11.4 Å². The van der Waals surface area contributed by atoms with Gasteiger partial charge < -0.3 is 19.9 Å². The topological polar surface area (TPSA) is 61.9 Å². The molecule has 1 atom stereocenters. The Morgan fingerprint density at radius 2 is 1.68 bits per heavy atom. The first-order valence-electron chi connectivity index (χ1n) is 10.7. The molecule has 0 aromatic heterocycles. The number of amides is 2. The number of rotatable bonds is 9. The molecule has 6 heteroatoms. The summed E-state index contributed by atoms with van der Waals surface area (Å²) in [6.07, 6.45) is 0.836. The number of ether oxygens (including phenoxy) is 1. The summed E-state index contributed by atoms with van der Waals surface area (Å²) in [6.45, 7) is 8.30. The maximum atomic E-state index is 13.4. The van der Waals surface area contributed by atoms with Crippen LogP contribution in [0.5, 0.6) is 5.75 Å². The molecule has 0 saturated heterocycles. The third-order valence-corrected chi connectivity index (χ3v) is 5.41. The van der Waals surface area contributed by atoms with Crippen LogP contribution in [0.25, 0.3) is 0 Å². The van der Waals surface area contributed by atoms with Crippen LogP contribution >= 0.6 is 0 Å². The summed E-state index contributed by atoms with van der Waals surface area (Å²) in [6, 6.07) is 13.1. The van der Waals surface area contributed by atoms with Gasteiger partial charge in [0.15, 0.2) is 0 Å². The molecule has 0 fully saturated rings. The number of anilines is 2. The van der Waals surface area contributed by atoms with E-state index < -0.39 is 0 Å². The molecular weight excluding hydrogens is 390 g/mol. The fraction of sp³-hybridized carbons (Fsp3) is 0.440. The van der Waals surface area contributed by atoms with Crippen molar-refractivity contribution < 1.29 is 14.3 Å². The summed E-state index contributed by atoms with van der Waals surface area (Å²) in [4.78, 5) is 29.5. The molecule has 2 aromatic carbocycles. The molecule has 0 bridgehead atoms. The van der Waals surface area contributed by atoms with E-state index in [1.54, 1.807) is 31.4 Å². The number of nitrogens with zero attached hydrogens (tertiary/aromatic N) is 2. The third kappa shape index (κ3) is 6.23. The zero-order chi connectivity index (χ0) is 23.1. The molecule has 0 aliphatic rings. The molecule has 0 aliphatic carbocycles. The van der Waals surface area contributed by atoms with Gasteiger partial charge in [-0.2, -0.15) is 0 Å². The first kappa shape index (κ1) is 24.3. The molecule has 2 amide bonds. The van der Waals surface area contributed by atoms with E-state index in [4.69, 9.17) is 4.74 Å². The molecule has 0 radical (unpaired) electrons. The molecule has 2 aromatic rings. The lowest BCUT2D eigenvalue weighted by atomic mass is 10.1. The molecule has 6 nitrogen and oxygen atoms in total. The summed E-state index contributed by atoms with van der Waals surface area (Å²) in [5, 5.41) is 2.96. The minimum absolute atomic E-state index is 0.0293. The molecule has 0 saturated carbocycles. The zero-order valence-electron chi connectivity index (χ0n) is 19.7. The van der Waals surface area contributed by atoms with Gasteiger partial charge in [-0.25, -0.2) is 0 Å². The lowest BCUT2D eigenvalue weighted by Crippen LogP contribution is -2.38. The first-order valence-corrected chi connectivity index (χ1v) is 10.7. The van der Waals surface area contributed by atoms with E-state index in [-0.39, 0.29) is 23.8 Å². The Bertz CT molecular complexity index is 891. The van der Waals surface area contributed by atoms with E-state index in [1.807, 2.05) is 55.9 Å². The van der Waals surface area contributed by atoms with Crippen LogP contribution in [0, 0.1) is 5.92 Å². The molecule has 0 spiro atoms. The molecule has 31 heavy (non-hydrogen) atoms. The highest BCUT2D eigenvalue weighted by atomic mass is 16.5. The Kier molecular flexibility index (Phi) is 8.48. The number of carbonyl (C=O) groups is 2. The smallest absolute Gasteiger partial charge is 0.254 e. The van der Waals surface area contributed by atoms with Crippen LogP contribution in [0.1, 0.15) is 50.0 Å². The Morgan fingerprint density at radius 3 is 2.19 bits per heavy atom. The molecule has 1 N–H and O–H groups in total. The van der Waals surface area contributed by atoms with Gasteiger partial charge in [0.25, 0.3) is 5.91 Å². The molecule has 2 rings (SSSR count). The maximum absolute atomic E-state index is 13.4. The van der Waals surface area contributed by atoms with Gasteiger partial charge in [-0.15, -0.1) is 0 Å². The van der Waals surface area contributed by atoms with E-state index in [0.717, 1.165) is 29.1 Å². The largest absolute Gasteiger partial charge is 0.497 e. The Hall–Kier alpha value is -3.02. The number of benzene rings is 2. The van der Waals surface area contributed by atoms with Crippen molar-refractivity contribution in [3.63, 3.8) is 0 Å². The zero-order valence-corrected chi connectivity index (χ0v) is 19.7. The van der Waals surface area contributed by atoms with Gasteiger partial charge in [0.2, 0.25) is 5.91 Å². The number of hydrogen-bond donors (Lipinski definition) is 1. The highest BCUT2D eigenvalue weighted by molar-refractivity contribution is 5.95. The standard InChI is InChI=1S/C25H35N3O3/c1-8-18(4)28(25(30)19-9-12-22(31-7)13-10-19)16-20-15-21(26-24(29)17(2)3)11-14-23(20)27(5)6/h9-15,17-18H,8,16H2,1-7H3,(H,26,29)/t18-/m1/s1. The second kappa shape index (κ2) is 10.8. The minimum Gasteiger partial charge on any atom is -0.497 e. The quantitative estimate of drug-likeness (QED) is 0.627. The SMILES string of the molecule is CC[C@@H](C)N(Cc1cc(NC(=O)C(C)C)ccc1N(C)C)C(=O)c1ccc(OC)cc1. The van der Waals surface area contributed by atoms with Crippen molar-refractivity contribution in [2.24, 2.45) is 5.92 Å². The molecular formula is C25H35N3O3. The summed E-state index contributed by atoms with van der Waals surface area (Å²) in [5.41, 5.74) is 3.35. The number of carbonyl (C=O) groups excluding carboxylic acids is 2. The van der Waals surface area contributed by atoms with Crippen molar-refractivity contribution in [2.75, 3.05) is 31.4 Å². The van der Waals surface area contributed by atoms with E-state index in [2.05, 4.69) is 19.2 Å². The van der Waals surface area contributed by atoms with Crippen molar-refractivity contribution in [3.05, 3.63) is 53.6 Å². The molecule has 168 valence electrons. The van der Waals surface area contributed by atoms with Crippen LogP contribution < -0.4 is 15.0 Å². The lowest BCUT2D eigenvalue weighted by Gasteiger charge is -2.31. The van der Waals surface area contributed by atoms with Crippen molar-refractivity contribution in [2.45, 2.75) is 46.7 Å². The molecule has 0 unspecified atom stereocenters. The van der Waals surface area contributed by atoms with Gasteiger partial charge in [-0.05, 0) is 61.4 Å². The predicted octanol–water partition coefficient (Wildman–Crippen LogP) is 4.80. The molecule has 0 heterocycles. The summed E-state index contributed by atoms with van der Waals surface area (Å²) >= 11 is 0. The van der Waals surface area contributed by atoms with Gasteiger partial charge in [0.05, 0.1) is 7.11 Å². The van der Waals surface area contributed by atoms with E-state index >= 15 is 0 Å².